The van der Waals surface area contributed by atoms with E-state index in [2.05, 4.69) is 10.3 Å². The topological polar surface area (TPSA) is 117 Å². The summed E-state index contributed by atoms with van der Waals surface area (Å²) in [4.78, 5) is 44.5. The molecule has 0 aliphatic carbocycles. The van der Waals surface area contributed by atoms with Gasteiger partial charge in [-0.15, -0.1) is 0 Å². The zero-order valence-corrected chi connectivity index (χ0v) is 18.5. The number of halogens is 1. The summed E-state index contributed by atoms with van der Waals surface area (Å²) in [5.74, 6) is -2.47. The largest absolute Gasteiger partial charge is 0.465 e. The van der Waals surface area contributed by atoms with Gasteiger partial charge >= 0.3 is 5.97 Å². The molecule has 2 unspecified atom stereocenters. The second kappa shape index (κ2) is 9.86. The number of carbonyl (C=O) groups is 2. The van der Waals surface area contributed by atoms with Crippen molar-refractivity contribution >= 4 is 29.2 Å². The van der Waals surface area contributed by atoms with E-state index in [1.54, 1.807) is 25.1 Å². The van der Waals surface area contributed by atoms with Gasteiger partial charge in [0.15, 0.2) is 5.92 Å². The van der Waals surface area contributed by atoms with Crippen molar-refractivity contribution < 1.29 is 23.6 Å². The van der Waals surface area contributed by atoms with E-state index in [0.29, 0.717) is 43.4 Å². The van der Waals surface area contributed by atoms with Crippen LogP contribution < -0.4 is 10.2 Å². The van der Waals surface area contributed by atoms with E-state index in [1.807, 2.05) is 9.80 Å². The van der Waals surface area contributed by atoms with Gasteiger partial charge in [-0.25, -0.2) is 9.38 Å². The summed E-state index contributed by atoms with van der Waals surface area (Å²) in [6.07, 6.45) is 0. The number of benzene rings is 2. The van der Waals surface area contributed by atoms with Crippen molar-refractivity contribution in [3.8, 4) is 0 Å². The number of rotatable bonds is 5. The van der Waals surface area contributed by atoms with Crippen molar-refractivity contribution in [2.45, 2.75) is 13.0 Å². The van der Waals surface area contributed by atoms with Crippen LogP contribution in [0.4, 0.5) is 15.8 Å². The number of nitro benzene ring substituents is 1. The summed E-state index contributed by atoms with van der Waals surface area (Å²) < 4.78 is 19.2. The molecule has 2 aliphatic rings. The Balaban J connectivity index is 1.58. The molecule has 10 nitrogen and oxygen atoms in total. The van der Waals surface area contributed by atoms with E-state index < -0.39 is 28.8 Å². The van der Waals surface area contributed by atoms with E-state index >= 15 is 0 Å². The molecule has 0 aromatic heterocycles. The van der Waals surface area contributed by atoms with Crippen LogP contribution in [0.3, 0.4) is 0 Å². The summed E-state index contributed by atoms with van der Waals surface area (Å²) in [6, 6.07) is 11.3. The lowest BCUT2D eigenvalue weighted by Crippen LogP contribution is -2.57. The molecule has 0 radical (unpaired) electrons. The Morgan fingerprint density at radius 2 is 1.79 bits per heavy atom. The zero-order chi connectivity index (χ0) is 24.2. The summed E-state index contributed by atoms with van der Waals surface area (Å²) in [6.45, 7) is 3.72. The number of nitro groups is 1. The van der Waals surface area contributed by atoms with Gasteiger partial charge in [-0.05, 0) is 24.6 Å². The Morgan fingerprint density at radius 3 is 2.41 bits per heavy atom. The van der Waals surface area contributed by atoms with Gasteiger partial charge in [0.1, 0.15) is 11.9 Å². The third kappa shape index (κ3) is 4.68. The lowest BCUT2D eigenvalue weighted by Gasteiger charge is -2.39. The molecule has 1 fully saturated rings. The minimum Gasteiger partial charge on any atom is -0.465 e. The molecule has 11 heteroatoms. The normalized spacial score (nSPS) is 20.4. The second-order valence-electron chi connectivity index (χ2n) is 7.89. The van der Waals surface area contributed by atoms with Gasteiger partial charge in [-0.1, -0.05) is 24.3 Å². The van der Waals surface area contributed by atoms with E-state index in [-0.39, 0.29) is 18.1 Å². The Hall–Kier alpha value is -4.02. The molecule has 2 atom stereocenters. The highest BCUT2D eigenvalue weighted by Crippen LogP contribution is 2.32. The summed E-state index contributed by atoms with van der Waals surface area (Å²) >= 11 is 0. The molecule has 2 heterocycles. The van der Waals surface area contributed by atoms with Crippen LogP contribution in [0.15, 0.2) is 53.5 Å². The lowest BCUT2D eigenvalue weighted by molar-refractivity contribution is -0.384. The van der Waals surface area contributed by atoms with Crippen LogP contribution in [0.1, 0.15) is 18.5 Å². The number of amides is 1. The first-order valence-corrected chi connectivity index (χ1v) is 10.9. The Labute approximate surface area is 195 Å². The van der Waals surface area contributed by atoms with Crippen LogP contribution in [0.25, 0.3) is 0 Å². The average Bonchev–Trinajstić information content (AvgIpc) is 2.84. The highest BCUT2D eigenvalue weighted by Gasteiger charge is 2.42. The summed E-state index contributed by atoms with van der Waals surface area (Å²) in [7, 11) is 0. The molecule has 2 aromatic rings. The van der Waals surface area contributed by atoms with E-state index in [4.69, 9.17) is 4.74 Å². The predicted molar refractivity (Wildman–Crippen MR) is 122 cm³/mol. The molecule has 34 heavy (non-hydrogen) atoms. The van der Waals surface area contributed by atoms with Gasteiger partial charge < -0.3 is 14.5 Å². The number of ether oxygens (including phenoxy) is 1. The highest BCUT2D eigenvalue weighted by molar-refractivity contribution is 6.08. The molecular weight excluding hydrogens is 445 g/mol. The highest BCUT2D eigenvalue weighted by atomic mass is 19.1. The monoisotopic (exact) mass is 469 g/mol. The van der Waals surface area contributed by atoms with Crippen LogP contribution in [0.5, 0.6) is 0 Å². The number of nitrogens with zero attached hydrogens (tertiary/aromatic N) is 4. The van der Waals surface area contributed by atoms with Crippen LogP contribution in [-0.2, 0) is 14.3 Å². The second-order valence-corrected chi connectivity index (χ2v) is 7.89. The molecule has 0 bridgehead atoms. The number of carbonyl (C=O) groups excluding carboxylic acids is 2. The van der Waals surface area contributed by atoms with Crippen molar-refractivity contribution in [2.24, 2.45) is 10.9 Å². The zero-order valence-electron chi connectivity index (χ0n) is 18.5. The first kappa shape index (κ1) is 23.1. The molecule has 1 amide bonds. The number of esters is 1. The summed E-state index contributed by atoms with van der Waals surface area (Å²) in [5, 5.41) is 13.7. The van der Waals surface area contributed by atoms with Crippen LogP contribution >= 0.6 is 0 Å². The molecule has 1 saturated heterocycles. The van der Waals surface area contributed by atoms with Crippen molar-refractivity contribution in [2.75, 3.05) is 37.7 Å². The maximum Gasteiger partial charge on any atom is 0.321 e. The number of non-ortho nitro benzene ring substituents is 1. The van der Waals surface area contributed by atoms with Crippen molar-refractivity contribution in [1.29, 1.82) is 0 Å². The third-order valence-corrected chi connectivity index (χ3v) is 5.85. The van der Waals surface area contributed by atoms with Crippen LogP contribution in [-0.4, -0.2) is 60.4 Å². The van der Waals surface area contributed by atoms with Crippen molar-refractivity contribution in [1.82, 2.24) is 10.2 Å². The van der Waals surface area contributed by atoms with Crippen LogP contribution in [0, 0.1) is 21.8 Å². The van der Waals surface area contributed by atoms with E-state index in [0.717, 1.165) is 0 Å². The molecular formula is C23H24FN5O5. The third-order valence-electron chi connectivity index (χ3n) is 5.85. The molecule has 0 spiro atoms. The Bertz CT molecular complexity index is 1110. The number of hydrogen-bond donors (Lipinski definition) is 1. The minimum absolute atomic E-state index is 0.101. The molecule has 2 aliphatic heterocycles. The predicted octanol–water partition coefficient (Wildman–Crippen LogP) is 2.26. The molecule has 0 saturated carbocycles. The summed E-state index contributed by atoms with van der Waals surface area (Å²) in [5.41, 5.74) is 0.897. The van der Waals surface area contributed by atoms with Gasteiger partial charge in [-0.2, -0.15) is 0 Å². The molecule has 2 aromatic carbocycles. The van der Waals surface area contributed by atoms with Gasteiger partial charge in [0.05, 0.1) is 17.2 Å². The number of guanidine groups is 1. The van der Waals surface area contributed by atoms with Gasteiger partial charge in [0.2, 0.25) is 11.9 Å². The molecule has 178 valence electrons. The standard InChI is InChI=1S/C23H24FN5O5/c1-2-34-22(31)19-20(15-7-9-16(10-8-15)29(32)33)25-23(26-21(19)30)28-13-11-27(12-14-28)18-6-4-3-5-17(18)24/h3-10,19-20H,2,11-14H2,1H3,(H,25,26,30). The first-order valence-electron chi connectivity index (χ1n) is 10.9. The fourth-order valence-corrected chi connectivity index (χ4v) is 4.13. The SMILES string of the molecule is CCOC(=O)C1C(=O)NC(N2CCN(c3ccccc3F)CC2)=NC1c1ccc([N+](=O)[O-])cc1. The fraction of sp³-hybridized carbons (Fsp3) is 0.348. The number of para-hydroxylation sites is 1. The van der Waals surface area contributed by atoms with E-state index in [1.165, 1.54) is 30.3 Å². The quantitative estimate of drug-likeness (QED) is 0.309. The van der Waals surface area contributed by atoms with E-state index in [9.17, 15) is 24.1 Å². The van der Waals surface area contributed by atoms with Gasteiger partial charge in [-0.3, -0.25) is 25.0 Å². The number of anilines is 1. The van der Waals surface area contributed by atoms with Gasteiger partial charge in [0.25, 0.3) is 5.69 Å². The number of nitrogens with one attached hydrogen (secondary N) is 1. The minimum atomic E-state index is -1.22. The number of hydrogen-bond acceptors (Lipinski definition) is 8. The first-order chi connectivity index (χ1) is 16.4. The number of aliphatic imine (C=N–C) groups is 1. The lowest BCUT2D eigenvalue weighted by atomic mass is 9.91. The molecule has 4 rings (SSSR count). The maximum absolute atomic E-state index is 14.2. The molecule has 1 N–H and O–H groups in total. The maximum atomic E-state index is 14.2. The Kier molecular flexibility index (Phi) is 6.71. The van der Waals surface area contributed by atoms with Gasteiger partial charge in [0, 0.05) is 38.3 Å². The van der Waals surface area contributed by atoms with Crippen LogP contribution in [0.2, 0.25) is 0 Å². The fourth-order valence-electron chi connectivity index (χ4n) is 4.13. The smallest absolute Gasteiger partial charge is 0.321 e. The van der Waals surface area contributed by atoms with Crippen molar-refractivity contribution in [3.63, 3.8) is 0 Å². The number of piperazine rings is 1. The Morgan fingerprint density at radius 1 is 1.15 bits per heavy atom. The van der Waals surface area contributed by atoms with Crippen molar-refractivity contribution in [3.05, 3.63) is 70.0 Å². The average molecular weight is 469 g/mol.